The number of nitrogens with one attached hydrogen (secondary N) is 1. The molecule has 1 aliphatic rings. The van der Waals surface area contributed by atoms with Crippen LogP contribution < -0.4 is 5.32 Å². The highest BCUT2D eigenvalue weighted by Crippen LogP contribution is 2.36. The maximum absolute atomic E-state index is 11.8. The molecule has 0 spiro atoms. The summed E-state index contributed by atoms with van der Waals surface area (Å²) in [4.78, 5) is 24.4. The Kier molecular flexibility index (Phi) is 3.91. The minimum Gasteiger partial charge on any atom is -0.463 e. The van der Waals surface area contributed by atoms with E-state index in [-0.39, 0.29) is 24.4 Å². The number of fused-ring (bicyclic) bond motifs is 1. The van der Waals surface area contributed by atoms with E-state index in [9.17, 15) is 9.59 Å². The van der Waals surface area contributed by atoms with Crippen LogP contribution in [0.1, 0.15) is 20.3 Å². The molecular formula is C13H15NO3S. The molecule has 1 atom stereocenters. The number of carbonyl (C=O) groups is 2. The molecule has 1 heterocycles. The summed E-state index contributed by atoms with van der Waals surface area (Å²) in [6, 6.07) is 7.56. The molecule has 0 radical (unpaired) electrons. The van der Waals surface area contributed by atoms with E-state index in [1.807, 2.05) is 24.3 Å². The molecule has 1 amide bonds. The van der Waals surface area contributed by atoms with Gasteiger partial charge in [0, 0.05) is 4.90 Å². The maximum atomic E-state index is 11.8. The molecule has 0 fully saturated rings. The Morgan fingerprint density at radius 2 is 2.17 bits per heavy atom. The minimum absolute atomic E-state index is 0.100. The second kappa shape index (κ2) is 5.44. The van der Waals surface area contributed by atoms with Crippen molar-refractivity contribution in [3.05, 3.63) is 24.3 Å². The van der Waals surface area contributed by atoms with E-state index in [1.165, 1.54) is 11.8 Å². The second-order valence-electron chi connectivity index (χ2n) is 4.33. The number of anilines is 1. The van der Waals surface area contributed by atoms with Gasteiger partial charge in [-0.3, -0.25) is 9.59 Å². The van der Waals surface area contributed by atoms with E-state index in [4.69, 9.17) is 4.74 Å². The molecular weight excluding hydrogens is 250 g/mol. The molecule has 1 aromatic rings. The van der Waals surface area contributed by atoms with Crippen LogP contribution in [0, 0.1) is 0 Å². The number of amides is 1. The highest BCUT2D eigenvalue weighted by atomic mass is 32.2. The Bertz CT molecular complexity index is 473. The van der Waals surface area contributed by atoms with Crippen LogP contribution in [0.5, 0.6) is 0 Å². The predicted molar refractivity (Wildman–Crippen MR) is 70.6 cm³/mol. The van der Waals surface area contributed by atoms with Gasteiger partial charge in [0.1, 0.15) is 0 Å². The molecule has 1 aromatic carbocycles. The summed E-state index contributed by atoms with van der Waals surface area (Å²) in [5, 5.41) is 2.39. The summed E-state index contributed by atoms with van der Waals surface area (Å²) in [5.41, 5.74) is 0.806. The first-order valence-corrected chi connectivity index (χ1v) is 6.70. The molecule has 0 bridgehead atoms. The Balaban J connectivity index is 2.04. The van der Waals surface area contributed by atoms with Crippen molar-refractivity contribution < 1.29 is 14.3 Å². The van der Waals surface area contributed by atoms with Crippen molar-refractivity contribution in [2.75, 3.05) is 5.32 Å². The third-order valence-electron chi connectivity index (χ3n) is 2.43. The Hall–Kier alpha value is -1.49. The van der Waals surface area contributed by atoms with Gasteiger partial charge in [-0.05, 0) is 26.0 Å². The standard InChI is InChI=1S/C13H15NO3S/c1-8(2)17-12(15)7-11-13(16)14-9-5-3-4-6-10(9)18-11/h3-6,8,11H,7H2,1-2H3,(H,14,16). The average molecular weight is 265 g/mol. The predicted octanol–water partition coefficient (Wildman–Crippen LogP) is 2.44. The topological polar surface area (TPSA) is 55.4 Å². The summed E-state index contributed by atoms with van der Waals surface area (Å²) in [6.45, 7) is 3.59. The van der Waals surface area contributed by atoms with Gasteiger partial charge >= 0.3 is 5.97 Å². The van der Waals surface area contributed by atoms with Crippen LogP contribution in [-0.4, -0.2) is 23.2 Å². The molecule has 0 saturated heterocycles. The smallest absolute Gasteiger partial charge is 0.307 e. The van der Waals surface area contributed by atoms with Gasteiger partial charge in [0.2, 0.25) is 5.91 Å². The lowest BCUT2D eigenvalue weighted by Crippen LogP contribution is -2.31. The lowest BCUT2D eigenvalue weighted by molar-refractivity contribution is -0.148. The molecule has 0 saturated carbocycles. The van der Waals surface area contributed by atoms with Gasteiger partial charge in [0.15, 0.2) is 0 Å². The van der Waals surface area contributed by atoms with Gasteiger partial charge in [-0.15, -0.1) is 11.8 Å². The van der Waals surface area contributed by atoms with E-state index >= 15 is 0 Å². The zero-order chi connectivity index (χ0) is 13.1. The molecule has 4 nitrogen and oxygen atoms in total. The third-order valence-corrected chi connectivity index (χ3v) is 3.70. The van der Waals surface area contributed by atoms with Crippen molar-refractivity contribution in [3.8, 4) is 0 Å². The van der Waals surface area contributed by atoms with Crippen molar-refractivity contribution in [1.29, 1.82) is 0 Å². The quantitative estimate of drug-likeness (QED) is 0.853. The Morgan fingerprint density at radius 1 is 1.44 bits per heavy atom. The summed E-state index contributed by atoms with van der Waals surface area (Å²) >= 11 is 1.41. The van der Waals surface area contributed by atoms with Crippen molar-refractivity contribution >= 4 is 29.3 Å². The highest BCUT2D eigenvalue weighted by molar-refractivity contribution is 8.01. The fraction of sp³-hybridized carbons (Fsp3) is 0.385. The van der Waals surface area contributed by atoms with E-state index in [0.717, 1.165) is 10.6 Å². The van der Waals surface area contributed by atoms with Crippen LogP contribution in [0.3, 0.4) is 0 Å². The molecule has 0 aromatic heterocycles. The number of esters is 1. The minimum atomic E-state index is -0.411. The number of ether oxygens (including phenoxy) is 1. The van der Waals surface area contributed by atoms with Gasteiger partial charge in [-0.2, -0.15) is 0 Å². The summed E-state index contributed by atoms with van der Waals surface area (Å²) in [5.74, 6) is -0.476. The first kappa shape index (κ1) is 13.0. The normalized spacial score (nSPS) is 18.2. The van der Waals surface area contributed by atoms with E-state index < -0.39 is 5.25 Å². The first-order valence-electron chi connectivity index (χ1n) is 5.82. The first-order chi connectivity index (χ1) is 8.56. The van der Waals surface area contributed by atoms with Crippen LogP contribution >= 0.6 is 11.8 Å². The lowest BCUT2D eigenvalue weighted by Gasteiger charge is -2.23. The van der Waals surface area contributed by atoms with Crippen molar-refractivity contribution in [2.24, 2.45) is 0 Å². The number of carbonyl (C=O) groups excluding carboxylic acids is 2. The van der Waals surface area contributed by atoms with Crippen LogP contribution in [0.25, 0.3) is 0 Å². The SMILES string of the molecule is CC(C)OC(=O)CC1Sc2ccccc2NC1=O. The molecule has 1 aliphatic heterocycles. The maximum Gasteiger partial charge on any atom is 0.307 e. The van der Waals surface area contributed by atoms with Gasteiger partial charge in [-0.1, -0.05) is 12.1 Å². The number of rotatable bonds is 3. The lowest BCUT2D eigenvalue weighted by atomic mass is 10.2. The van der Waals surface area contributed by atoms with Crippen LogP contribution in [0.2, 0.25) is 0 Å². The van der Waals surface area contributed by atoms with Gasteiger partial charge < -0.3 is 10.1 Å². The average Bonchev–Trinajstić information content (AvgIpc) is 2.29. The number of benzene rings is 1. The van der Waals surface area contributed by atoms with Gasteiger partial charge in [-0.25, -0.2) is 0 Å². The molecule has 1 unspecified atom stereocenters. The number of para-hydroxylation sites is 1. The number of thioether (sulfide) groups is 1. The highest BCUT2D eigenvalue weighted by Gasteiger charge is 2.29. The van der Waals surface area contributed by atoms with E-state index in [1.54, 1.807) is 13.8 Å². The van der Waals surface area contributed by atoms with Crippen LogP contribution in [0.4, 0.5) is 5.69 Å². The fourth-order valence-electron chi connectivity index (χ4n) is 1.69. The zero-order valence-corrected chi connectivity index (χ0v) is 11.1. The third kappa shape index (κ3) is 3.04. The largest absolute Gasteiger partial charge is 0.463 e. The second-order valence-corrected chi connectivity index (χ2v) is 5.58. The molecule has 1 N–H and O–H groups in total. The Morgan fingerprint density at radius 3 is 2.89 bits per heavy atom. The van der Waals surface area contributed by atoms with E-state index in [0.29, 0.717) is 0 Å². The molecule has 2 rings (SSSR count). The Labute approximate surface area is 110 Å². The fourth-order valence-corrected chi connectivity index (χ4v) is 2.78. The summed E-state index contributed by atoms with van der Waals surface area (Å²) in [7, 11) is 0. The van der Waals surface area contributed by atoms with Crippen molar-refractivity contribution in [2.45, 2.75) is 36.5 Å². The van der Waals surface area contributed by atoms with Crippen molar-refractivity contribution in [3.63, 3.8) is 0 Å². The molecule has 0 aliphatic carbocycles. The van der Waals surface area contributed by atoms with E-state index in [2.05, 4.69) is 5.32 Å². The summed E-state index contributed by atoms with van der Waals surface area (Å²) in [6.07, 6.45) is -0.0512. The monoisotopic (exact) mass is 265 g/mol. The van der Waals surface area contributed by atoms with Crippen LogP contribution in [-0.2, 0) is 14.3 Å². The molecule has 5 heteroatoms. The van der Waals surface area contributed by atoms with Crippen LogP contribution in [0.15, 0.2) is 29.2 Å². The number of hydrogen-bond acceptors (Lipinski definition) is 4. The van der Waals surface area contributed by atoms with Gasteiger partial charge in [0.05, 0.1) is 23.5 Å². The summed E-state index contributed by atoms with van der Waals surface area (Å²) < 4.78 is 5.06. The molecule has 18 heavy (non-hydrogen) atoms. The molecule has 96 valence electrons. The van der Waals surface area contributed by atoms with Gasteiger partial charge in [0.25, 0.3) is 0 Å². The van der Waals surface area contributed by atoms with Crippen molar-refractivity contribution in [1.82, 2.24) is 0 Å². The number of hydrogen-bond donors (Lipinski definition) is 1. The zero-order valence-electron chi connectivity index (χ0n) is 10.3.